The minimum atomic E-state index is -2.90. The fourth-order valence-corrected chi connectivity index (χ4v) is 2.22. The molecule has 0 aromatic carbocycles. The highest BCUT2D eigenvalue weighted by molar-refractivity contribution is 7.92. The second-order valence-electron chi connectivity index (χ2n) is 3.99. The van der Waals surface area contributed by atoms with Gasteiger partial charge in [0.05, 0.1) is 11.0 Å². The number of hydrogen-bond donors (Lipinski definition) is 1. The first kappa shape index (κ1) is 14.9. The second kappa shape index (κ2) is 7.19. The molecule has 0 fully saturated rings. The van der Waals surface area contributed by atoms with Crippen molar-refractivity contribution in [1.29, 1.82) is 0 Å². The van der Waals surface area contributed by atoms with Crippen molar-refractivity contribution in [2.24, 2.45) is 5.73 Å². The Balaban J connectivity index is 4.00. The quantitative estimate of drug-likeness (QED) is 0.666. The summed E-state index contributed by atoms with van der Waals surface area (Å²) < 4.78 is 23.1. The molecule has 92 valence electrons. The second-order valence-corrected chi connectivity index (χ2v) is 6.67. The zero-order valence-corrected chi connectivity index (χ0v) is 10.9. The molecule has 0 aromatic heterocycles. The van der Waals surface area contributed by atoms with Crippen molar-refractivity contribution in [3.63, 3.8) is 0 Å². The van der Waals surface area contributed by atoms with E-state index in [1.54, 1.807) is 13.8 Å². The van der Waals surface area contributed by atoms with Gasteiger partial charge in [-0.2, -0.15) is 0 Å². The lowest BCUT2D eigenvalue weighted by Crippen LogP contribution is -2.33. The molecule has 0 aliphatic rings. The van der Waals surface area contributed by atoms with E-state index in [2.05, 4.69) is 4.90 Å². The molecule has 0 amide bonds. The molecule has 0 aliphatic carbocycles. The van der Waals surface area contributed by atoms with Crippen LogP contribution in [0.15, 0.2) is 0 Å². The number of rotatable bonds is 8. The van der Waals surface area contributed by atoms with Crippen LogP contribution in [0.1, 0.15) is 27.2 Å². The normalized spacial score (nSPS) is 12.7. The van der Waals surface area contributed by atoms with Gasteiger partial charge in [-0.05, 0) is 39.9 Å². The third kappa shape index (κ3) is 6.12. The van der Waals surface area contributed by atoms with Crippen LogP contribution in [-0.2, 0) is 9.84 Å². The Labute approximate surface area is 93.7 Å². The lowest BCUT2D eigenvalue weighted by Gasteiger charge is -2.20. The fraction of sp³-hybridized carbons (Fsp3) is 1.00. The molecule has 0 unspecified atom stereocenters. The molecule has 15 heavy (non-hydrogen) atoms. The molecule has 2 N–H and O–H groups in total. The summed E-state index contributed by atoms with van der Waals surface area (Å²) in [5.74, 6) is 0.253. The van der Waals surface area contributed by atoms with Crippen molar-refractivity contribution >= 4 is 9.84 Å². The maximum Gasteiger partial charge on any atom is 0.153 e. The van der Waals surface area contributed by atoms with E-state index in [-0.39, 0.29) is 11.0 Å². The van der Waals surface area contributed by atoms with Crippen LogP contribution >= 0.6 is 0 Å². The van der Waals surface area contributed by atoms with E-state index < -0.39 is 9.84 Å². The molecular weight excluding hydrogens is 212 g/mol. The van der Waals surface area contributed by atoms with E-state index >= 15 is 0 Å². The largest absolute Gasteiger partial charge is 0.330 e. The molecule has 0 spiro atoms. The predicted molar refractivity (Wildman–Crippen MR) is 64.7 cm³/mol. The highest BCUT2D eigenvalue weighted by Crippen LogP contribution is 2.02. The Kier molecular flexibility index (Phi) is 7.13. The Morgan fingerprint density at radius 3 is 2.27 bits per heavy atom. The summed E-state index contributed by atoms with van der Waals surface area (Å²) in [6, 6.07) is 0. The van der Waals surface area contributed by atoms with Crippen molar-refractivity contribution in [3.8, 4) is 0 Å². The summed E-state index contributed by atoms with van der Waals surface area (Å²) >= 11 is 0. The monoisotopic (exact) mass is 236 g/mol. The van der Waals surface area contributed by atoms with Gasteiger partial charge in [0, 0.05) is 6.54 Å². The van der Waals surface area contributed by atoms with E-state index in [1.807, 2.05) is 6.92 Å². The molecule has 0 saturated heterocycles. The molecule has 0 atom stereocenters. The van der Waals surface area contributed by atoms with Gasteiger partial charge in [0.2, 0.25) is 0 Å². The van der Waals surface area contributed by atoms with Crippen molar-refractivity contribution in [2.75, 3.05) is 31.9 Å². The van der Waals surface area contributed by atoms with Crippen molar-refractivity contribution in [3.05, 3.63) is 0 Å². The minimum Gasteiger partial charge on any atom is -0.330 e. The highest BCUT2D eigenvalue weighted by Gasteiger charge is 2.16. The summed E-state index contributed by atoms with van der Waals surface area (Å²) in [6.45, 7) is 8.55. The summed E-state index contributed by atoms with van der Waals surface area (Å²) in [7, 11) is -2.90. The van der Waals surface area contributed by atoms with Crippen LogP contribution in [-0.4, -0.2) is 50.5 Å². The predicted octanol–water partition coefficient (Wildman–Crippen LogP) is 0.480. The van der Waals surface area contributed by atoms with Gasteiger partial charge >= 0.3 is 0 Å². The average Bonchev–Trinajstić information content (AvgIpc) is 2.18. The van der Waals surface area contributed by atoms with Crippen LogP contribution in [0.2, 0.25) is 0 Å². The van der Waals surface area contributed by atoms with Crippen molar-refractivity contribution in [1.82, 2.24) is 4.90 Å². The molecule has 0 saturated carbocycles. The summed E-state index contributed by atoms with van der Waals surface area (Å²) in [5, 5.41) is -0.272. The molecule has 0 bridgehead atoms. The smallest absolute Gasteiger partial charge is 0.153 e. The number of nitrogens with zero attached hydrogens (tertiary/aromatic N) is 1. The number of nitrogens with two attached hydrogens (primary N) is 1. The number of hydrogen-bond acceptors (Lipinski definition) is 4. The van der Waals surface area contributed by atoms with Gasteiger partial charge in [0.15, 0.2) is 9.84 Å². The lowest BCUT2D eigenvalue weighted by molar-refractivity contribution is 0.302. The summed E-state index contributed by atoms with van der Waals surface area (Å²) in [5.41, 5.74) is 5.42. The van der Waals surface area contributed by atoms with Gasteiger partial charge in [0.25, 0.3) is 0 Å². The van der Waals surface area contributed by atoms with E-state index in [0.29, 0.717) is 13.1 Å². The third-order valence-corrected chi connectivity index (χ3v) is 4.72. The summed E-state index contributed by atoms with van der Waals surface area (Å²) in [4.78, 5) is 2.13. The highest BCUT2D eigenvalue weighted by atomic mass is 32.2. The Morgan fingerprint density at radius 1 is 1.27 bits per heavy atom. The van der Waals surface area contributed by atoms with Gasteiger partial charge in [-0.1, -0.05) is 6.92 Å². The molecule has 0 aliphatic heterocycles. The van der Waals surface area contributed by atoms with Crippen LogP contribution in [0, 0.1) is 0 Å². The Hall–Kier alpha value is -0.130. The van der Waals surface area contributed by atoms with Gasteiger partial charge in [-0.25, -0.2) is 8.42 Å². The standard InChI is InChI=1S/C10H24N2O2S/c1-4-12(7-5-6-11)8-9-15(13,14)10(2)3/h10H,4-9,11H2,1-3H3. The molecule has 0 radical (unpaired) electrons. The zero-order valence-electron chi connectivity index (χ0n) is 10.1. The Morgan fingerprint density at radius 2 is 1.87 bits per heavy atom. The minimum absolute atomic E-state index is 0.253. The molecular formula is C10H24N2O2S. The number of sulfone groups is 1. The maximum atomic E-state index is 11.6. The molecule has 0 heterocycles. The zero-order chi connectivity index (χ0) is 11.9. The summed E-state index contributed by atoms with van der Waals surface area (Å²) in [6.07, 6.45) is 0.926. The SMILES string of the molecule is CCN(CCCN)CCS(=O)(=O)C(C)C. The third-order valence-electron chi connectivity index (χ3n) is 2.54. The van der Waals surface area contributed by atoms with Crippen LogP contribution in [0.5, 0.6) is 0 Å². The molecule has 4 nitrogen and oxygen atoms in total. The van der Waals surface area contributed by atoms with E-state index in [9.17, 15) is 8.42 Å². The van der Waals surface area contributed by atoms with Gasteiger partial charge < -0.3 is 10.6 Å². The van der Waals surface area contributed by atoms with Crippen LogP contribution < -0.4 is 5.73 Å². The van der Waals surface area contributed by atoms with E-state index in [1.165, 1.54) is 0 Å². The molecule has 0 aromatic rings. The van der Waals surface area contributed by atoms with Crippen LogP contribution in [0.25, 0.3) is 0 Å². The topological polar surface area (TPSA) is 63.4 Å². The molecule has 5 heteroatoms. The maximum absolute atomic E-state index is 11.6. The van der Waals surface area contributed by atoms with Gasteiger partial charge in [-0.3, -0.25) is 0 Å². The first-order valence-corrected chi connectivity index (χ1v) is 7.29. The van der Waals surface area contributed by atoms with Crippen LogP contribution in [0.4, 0.5) is 0 Å². The average molecular weight is 236 g/mol. The first-order valence-electron chi connectivity index (χ1n) is 5.58. The van der Waals surface area contributed by atoms with Gasteiger partial charge in [-0.15, -0.1) is 0 Å². The van der Waals surface area contributed by atoms with E-state index in [4.69, 9.17) is 5.73 Å². The van der Waals surface area contributed by atoms with Crippen LogP contribution in [0.3, 0.4) is 0 Å². The first-order chi connectivity index (χ1) is 6.94. The lowest BCUT2D eigenvalue weighted by atomic mass is 10.4. The van der Waals surface area contributed by atoms with Gasteiger partial charge in [0.1, 0.15) is 0 Å². The molecule has 0 rings (SSSR count). The van der Waals surface area contributed by atoms with Crippen molar-refractivity contribution < 1.29 is 8.42 Å². The van der Waals surface area contributed by atoms with Crippen molar-refractivity contribution in [2.45, 2.75) is 32.4 Å². The van der Waals surface area contributed by atoms with E-state index in [0.717, 1.165) is 19.5 Å². The fourth-order valence-electron chi connectivity index (χ4n) is 1.23. The Bertz CT molecular complexity index is 250.